The molecule has 0 bridgehead atoms. The number of nitrogens with zero attached hydrogens (tertiary/aromatic N) is 1. The van der Waals surface area contributed by atoms with Crippen LogP contribution < -0.4 is 14.8 Å². The molecule has 0 fully saturated rings. The van der Waals surface area contributed by atoms with Gasteiger partial charge >= 0.3 is 0 Å². The second-order valence-electron chi connectivity index (χ2n) is 4.88. The van der Waals surface area contributed by atoms with Gasteiger partial charge in [-0.2, -0.15) is 0 Å². The highest BCUT2D eigenvalue weighted by Gasteiger charge is 2.05. The Morgan fingerprint density at radius 1 is 1.09 bits per heavy atom. The number of hydrogen-bond acceptors (Lipinski definition) is 3. The molecular weight excluding hydrogens is 376 g/mol. The molecule has 0 aliphatic rings. The molecule has 122 valence electrons. The van der Waals surface area contributed by atoms with Crippen LogP contribution in [-0.2, 0) is 0 Å². The van der Waals surface area contributed by atoms with E-state index in [2.05, 4.69) is 21.2 Å². The van der Waals surface area contributed by atoms with Crippen molar-refractivity contribution in [3.05, 3.63) is 53.0 Å². The Bertz CT molecular complexity index is 632. The summed E-state index contributed by atoms with van der Waals surface area (Å²) in [5.41, 5.74) is 0.927. The average molecular weight is 395 g/mol. The maximum Gasteiger partial charge on any atom is 0.173 e. The van der Waals surface area contributed by atoms with Crippen molar-refractivity contribution in [2.75, 3.05) is 32.6 Å². The maximum absolute atomic E-state index is 5.70. The van der Waals surface area contributed by atoms with Gasteiger partial charge in [-0.05, 0) is 60.7 Å². The third kappa shape index (κ3) is 5.73. The van der Waals surface area contributed by atoms with Crippen molar-refractivity contribution in [1.82, 2.24) is 4.90 Å². The fraction of sp³-hybridized carbons (Fsp3) is 0.235. The van der Waals surface area contributed by atoms with Gasteiger partial charge in [0, 0.05) is 17.2 Å². The molecule has 0 atom stereocenters. The molecule has 0 saturated heterocycles. The molecule has 0 aliphatic heterocycles. The fourth-order valence-corrected chi connectivity index (χ4v) is 2.30. The summed E-state index contributed by atoms with van der Waals surface area (Å²) in [6.45, 7) is 1.25. The van der Waals surface area contributed by atoms with Crippen LogP contribution in [0.3, 0.4) is 0 Å². The van der Waals surface area contributed by atoms with E-state index in [-0.39, 0.29) is 0 Å². The van der Waals surface area contributed by atoms with Gasteiger partial charge in [-0.1, -0.05) is 15.9 Å². The Morgan fingerprint density at radius 2 is 1.70 bits per heavy atom. The smallest absolute Gasteiger partial charge is 0.173 e. The summed E-state index contributed by atoms with van der Waals surface area (Å²) in [6, 6.07) is 15.4. The Labute approximate surface area is 150 Å². The minimum absolute atomic E-state index is 0.558. The zero-order valence-corrected chi connectivity index (χ0v) is 15.5. The van der Waals surface area contributed by atoms with Crippen LogP contribution in [0.4, 0.5) is 5.69 Å². The molecule has 0 aliphatic carbocycles. The van der Waals surface area contributed by atoms with E-state index in [4.69, 9.17) is 21.7 Å². The number of benzene rings is 2. The molecule has 0 heterocycles. The van der Waals surface area contributed by atoms with Gasteiger partial charge in [0.1, 0.15) is 18.1 Å². The van der Waals surface area contributed by atoms with Gasteiger partial charge in [0.15, 0.2) is 5.11 Å². The molecular formula is C17H19BrN2O2S. The lowest BCUT2D eigenvalue weighted by Crippen LogP contribution is -2.34. The predicted molar refractivity (Wildman–Crippen MR) is 101 cm³/mol. The number of ether oxygens (including phenoxy) is 2. The van der Waals surface area contributed by atoms with Gasteiger partial charge in [-0.25, -0.2) is 0 Å². The number of hydrogen-bond donors (Lipinski definition) is 1. The van der Waals surface area contributed by atoms with E-state index in [1.807, 2.05) is 60.5 Å². The first-order valence-electron chi connectivity index (χ1n) is 7.13. The highest BCUT2D eigenvalue weighted by Crippen LogP contribution is 2.17. The topological polar surface area (TPSA) is 33.7 Å². The third-order valence-electron chi connectivity index (χ3n) is 3.20. The van der Waals surface area contributed by atoms with E-state index >= 15 is 0 Å². The predicted octanol–water partition coefficient (Wildman–Crippen LogP) is 4.17. The van der Waals surface area contributed by atoms with Crippen molar-refractivity contribution in [2.45, 2.75) is 0 Å². The Kier molecular flexibility index (Phi) is 6.67. The summed E-state index contributed by atoms with van der Waals surface area (Å²) < 4.78 is 11.9. The van der Waals surface area contributed by atoms with Crippen molar-refractivity contribution < 1.29 is 9.47 Å². The molecule has 23 heavy (non-hydrogen) atoms. The Hall–Kier alpha value is -1.79. The van der Waals surface area contributed by atoms with Gasteiger partial charge in [0.05, 0.1) is 13.7 Å². The van der Waals surface area contributed by atoms with Crippen LogP contribution in [0.15, 0.2) is 53.0 Å². The first kappa shape index (κ1) is 17.6. The van der Waals surface area contributed by atoms with Crippen LogP contribution in [-0.4, -0.2) is 37.3 Å². The van der Waals surface area contributed by atoms with Crippen molar-refractivity contribution in [2.24, 2.45) is 0 Å². The molecule has 0 aromatic heterocycles. The third-order valence-corrected chi connectivity index (χ3v) is 4.14. The molecule has 1 N–H and O–H groups in total. The molecule has 0 saturated carbocycles. The number of methoxy groups -OCH3 is 1. The number of likely N-dealkylation sites (N-methyl/N-ethyl adjacent to an activating group) is 1. The van der Waals surface area contributed by atoms with Crippen LogP contribution in [0.5, 0.6) is 11.5 Å². The SMILES string of the molecule is COc1ccc(NC(=S)N(C)CCOc2ccc(Br)cc2)cc1. The molecule has 2 aromatic rings. The molecule has 6 heteroatoms. The minimum Gasteiger partial charge on any atom is -0.497 e. The van der Waals surface area contributed by atoms with Gasteiger partial charge in [0.25, 0.3) is 0 Å². The largest absolute Gasteiger partial charge is 0.497 e. The number of nitrogens with one attached hydrogen (secondary N) is 1. The van der Waals surface area contributed by atoms with Crippen LogP contribution in [0.2, 0.25) is 0 Å². The zero-order chi connectivity index (χ0) is 16.7. The molecule has 2 aromatic carbocycles. The number of halogens is 1. The van der Waals surface area contributed by atoms with Gasteiger partial charge in [0.2, 0.25) is 0 Å². The second kappa shape index (κ2) is 8.74. The zero-order valence-electron chi connectivity index (χ0n) is 13.1. The van der Waals surface area contributed by atoms with E-state index in [1.165, 1.54) is 0 Å². The van der Waals surface area contributed by atoms with E-state index in [0.29, 0.717) is 18.3 Å². The highest BCUT2D eigenvalue weighted by molar-refractivity contribution is 9.10. The van der Waals surface area contributed by atoms with Gasteiger partial charge in [-0.15, -0.1) is 0 Å². The number of rotatable bonds is 6. The van der Waals surface area contributed by atoms with Crippen molar-refractivity contribution in [1.29, 1.82) is 0 Å². The minimum atomic E-state index is 0.558. The first-order chi connectivity index (χ1) is 11.1. The highest BCUT2D eigenvalue weighted by atomic mass is 79.9. The second-order valence-corrected chi connectivity index (χ2v) is 6.18. The lowest BCUT2D eigenvalue weighted by atomic mass is 10.3. The van der Waals surface area contributed by atoms with Crippen molar-refractivity contribution in [3.8, 4) is 11.5 Å². The van der Waals surface area contributed by atoms with Crippen LogP contribution in [0, 0.1) is 0 Å². The molecule has 0 radical (unpaired) electrons. The summed E-state index contributed by atoms with van der Waals surface area (Å²) in [5.74, 6) is 1.66. The first-order valence-corrected chi connectivity index (χ1v) is 8.33. The van der Waals surface area contributed by atoms with E-state index < -0.39 is 0 Å². The van der Waals surface area contributed by atoms with Gasteiger partial charge in [-0.3, -0.25) is 0 Å². The average Bonchev–Trinajstić information content (AvgIpc) is 2.57. The quantitative estimate of drug-likeness (QED) is 0.743. The molecule has 4 nitrogen and oxygen atoms in total. The van der Waals surface area contributed by atoms with Crippen LogP contribution in [0.1, 0.15) is 0 Å². The summed E-state index contributed by atoms with van der Waals surface area (Å²) >= 11 is 8.79. The summed E-state index contributed by atoms with van der Waals surface area (Å²) in [5, 5.41) is 3.84. The molecule has 0 spiro atoms. The van der Waals surface area contributed by atoms with Crippen LogP contribution in [0.25, 0.3) is 0 Å². The lowest BCUT2D eigenvalue weighted by molar-refractivity contribution is 0.285. The van der Waals surface area contributed by atoms with E-state index in [0.717, 1.165) is 21.7 Å². The van der Waals surface area contributed by atoms with Crippen LogP contribution >= 0.6 is 28.1 Å². The number of anilines is 1. The lowest BCUT2D eigenvalue weighted by Gasteiger charge is -2.21. The van der Waals surface area contributed by atoms with E-state index in [9.17, 15) is 0 Å². The molecule has 0 amide bonds. The van der Waals surface area contributed by atoms with E-state index in [1.54, 1.807) is 7.11 Å². The van der Waals surface area contributed by atoms with Gasteiger partial charge < -0.3 is 19.7 Å². The molecule has 0 unspecified atom stereocenters. The van der Waals surface area contributed by atoms with Crippen molar-refractivity contribution in [3.63, 3.8) is 0 Å². The van der Waals surface area contributed by atoms with Crippen molar-refractivity contribution >= 4 is 38.9 Å². The Balaban J connectivity index is 1.76. The Morgan fingerprint density at radius 3 is 2.30 bits per heavy atom. The monoisotopic (exact) mass is 394 g/mol. The standard InChI is InChI=1S/C17H19BrN2O2S/c1-20(11-12-22-16-7-3-13(18)4-8-16)17(23)19-14-5-9-15(21-2)10-6-14/h3-10H,11-12H2,1-2H3,(H,19,23). The summed E-state index contributed by atoms with van der Waals surface area (Å²) in [4.78, 5) is 1.94. The molecule has 2 rings (SSSR count). The maximum atomic E-state index is 5.70. The summed E-state index contributed by atoms with van der Waals surface area (Å²) in [7, 11) is 3.58. The fourth-order valence-electron chi connectivity index (χ4n) is 1.83. The normalized spacial score (nSPS) is 10.0. The summed E-state index contributed by atoms with van der Waals surface area (Å²) in [6.07, 6.45) is 0. The number of thiocarbonyl (C=S) groups is 1.